The number of rotatable bonds is 4. The van der Waals surface area contributed by atoms with Crippen molar-refractivity contribution in [3.8, 4) is 0 Å². The van der Waals surface area contributed by atoms with Crippen molar-refractivity contribution in [2.24, 2.45) is 11.7 Å². The fourth-order valence-corrected chi connectivity index (χ4v) is 3.06. The SMILES string of the molecule is CC1CCN(CC(=O)Nc2cc(Cl)ccc2Cl)C(CN)C1.Cl. The maximum absolute atomic E-state index is 12.2. The van der Waals surface area contributed by atoms with Crippen molar-refractivity contribution in [2.75, 3.05) is 25.0 Å². The fraction of sp³-hybridized carbons (Fsp3) is 0.533. The number of halogens is 3. The Morgan fingerprint density at radius 2 is 2.18 bits per heavy atom. The van der Waals surface area contributed by atoms with Crippen LogP contribution in [0.2, 0.25) is 10.0 Å². The molecule has 0 aliphatic carbocycles. The molecule has 2 unspecified atom stereocenters. The highest BCUT2D eigenvalue weighted by molar-refractivity contribution is 6.35. The van der Waals surface area contributed by atoms with Crippen LogP contribution < -0.4 is 11.1 Å². The van der Waals surface area contributed by atoms with E-state index in [1.165, 1.54) is 0 Å². The van der Waals surface area contributed by atoms with Crippen LogP contribution in [0.1, 0.15) is 19.8 Å². The Kier molecular flexibility index (Phi) is 7.94. The summed E-state index contributed by atoms with van der Waals surface area (Å²) in [6.45, 7) is 4.04. The van der Waals surface area contributed by atoms with E-state index in [1.807, 2.05) is 0 Å². The number of nitrogens with one attached hydrogen (secondary N) is 1. The second kappa shape index (κ2) is 8.94. The molecule has 1 amide bonds. The lowest BCUT2D eigenvalue weighted by Gasteiger charge is -2.37. The van der Waals surface area contributed by atoms with E-state index in [-0.39, 0.29) is 24.4 Å². The summed E-state index contributed by atoms with van der Waals surface area (Å²) < 4.78 is 0. The van der Waals surface area contributed by atoms with Crippen LogP contribution >= 0.6 is 35.6 Å². The van der Waals surface area contributed by atoms with Gasteiger partial charge >= 0.3 is 0 Å². The normalized spacial score (nSPS) is 22.0. The van der Waals surface area contributed by atoms with Gasteiger partial charge in [-0.25, -0.2) is 0 Å². The van der Waals surface area contributed by atoms with Gasteiger partial charge in [0.05, 0.1) is 17.3 Å². The van der Waals surface area contributed by atoms with Gasteiger partial charge in [0.2, 0.25) is 5.91 Å². The van der Waals surface area contributed by atoms with E-state index in [1.54, 1.807) is 18.2 Å². The third-order valence-electron chi connectivity index (χ3n) is 3.92. The standard InChI is InChI=1S/C15H21Cl2N3O.ClH/c1-10-4-5-20(12(6-10)8-18)9-15(21)19-14-7-11(16)2-3-13(14)17;/h2-3,7,10,12H,4-6,8-9,18H2,1H3,(H,19,21);1H. The maximum atomic E-state index is 12.2. The van der Waals surface area contributed by atoms with Crippen molar-refractivity contribution in [1.82, 2.24) is 4.90 Å². The molecule has 0 aromatic heterocycles. The van der Waals surface area contributed by atoms with Crippen LogP contribution in [-0.2, 0) is 4.79 Å². The zero-order valence-corrected chi connectivity index (χ0v) is 14.8. The highest BCUT2D eigenvalue weighted by Crippen LogP contribution is 2.26. The van der Waals surface area contributed by atoms with Crippen LogP contribution in [-0.4, -0.2) is 36.5 Å². The number of anilines is 1. The molecule has 1 heterocycles. The third-order valence-corrected chi connectivity index (χ3v) is 4.49. The first-order chi connectivity index (χ1) is 9.99. The van der Waals surface area contributed by atoms with Crippen molar-refractivity contribution >= 4 is 47.2 Å². The van der Waals surface area contributed by atoms with Gasteiger partial charge in [-0.15, -0.1) is 12.4 Å². The average Bonchev–Trinajstić information content (AvgIpc) is 2.44. The highest BCUT2D eigenvalue weighted by Gasteiger charge is 2.26. The molecule has 1 aromatic carbocycles. The van der Waals surface area contributed by atoms with Gasteiger partial charge in [-0.05, 0) is 43.5 Å². The van der Waals surface area contributed by atoms with Crippen LogP contribution in [0.3, 0.4) is 0 Å². The number of hydrogen-bond acceptors (Lipinski definition) is 3. The molecule has 4 nitrogen and oxygen atoms in total. The second-order valence-electron chi connectivity index (χ2n) is 5.66. The summed E-state index contributed by atoms with van der Waals surface area (Å²) in [4.78, 5) is 14.3. The summed E-state index contributed by atoms with van der Waals surface area (Å²) in [6.07, 6.45) is 2.14. The van der Waals surface area contributed by atoms with Gasteiger partial charge in [-0.3, -0.25) is 9.69 Å². The molecule has 1 aliphatic rings. The largest absolute Gasteiger partial charge is 0.329 e. The van der Waals surface area contributed by atoms with Gasteiger partial charge in [0.1, 0.15) is 0 Å². The summed E-state index contributed by atoms with van der Waals surface area (Å²) >= 11 is 12.0. The van der Waals surface area contributed by atoms with Crippen LogP contribution in [0.4, 0.5) is 5.69 Å². The summed E-state index contributed by atoms with van der Waals surface area (Å²) in [5, 5.41) is 3.84. The van der Waals surface area contributed by atoms with E-state index in [4.69, 9.17) is 28.9 Å². The first-order valence-corrected chi connectivity index (χ1v) is 7.94. The quantitative estimate of drug-likeness (QED) is 0.858. The van der Waals surface area contributed by atoms with Crippen LogP contribution in [0.25, 0.3) is 0 Å². The Morgan fingerprint density at radius 3 is 2.86 bits per heavy atom. The Balaban J connectivity index is 0.00000242. The summed E-state index contributed by atoms with van der Waals surface area (Å²) in [5.74, 6) is 0.576. The number of hydrogen-bond donors (Lipinski definition) is 2. The zero-order valence-electron chi connectivity index (χ0n) is 12.5. The molecule has 22 heavy (non-hydrogen) atoms. The Hall–Kier alpha value is -0.520. The molecule has 124 valence electrons. The predicted molar refractivity (Wildman–Crippen MR) is 95.2 cm³/mol. The highest BCUT2D eigenvalue weighted by atomic mass is 35.5. The van der Waals surface area contributed by atoms with Crippen LogP contribution in [0, 0.1) is 5.92 Å². The van der Waals surface area contributed by atoms with Gasteiger partial charge in [0, 0.05) is 17.6 Å². The molecule has 0 spiro atoms. The third kappa shape index (κ3) is 5.28. The van der Waals surface area contributed by atoms with E-state index in [2.05, 4.69) is 17.1 Å². The molecule has 1 saturated heterocycles. The lowest BCUT2D eigenvalue weighted by atomic mass is 9.92. The average molecular weight is 367 g/mol. The molecular weight excluding hydrogens is 345 g/mol. The lowest BCUT2D eigenvalue weighted by molar-refractivity contribution is -0.118. The van der Waals surface area contributed by atoms with Crippen molar-refractivity contribution in [3.05, 3.63) is 28.2 Å². The fourth-order valence-electron chi connectivity index (χ4n) is 2.72. The monoisotopic (exact) mass is 365 g/mol. The van der Waals surface area contributed by atoms with E-state index in [9.17, 15) is 4.79 Å². The van der Waals surface area contributed by atoms with Gasteiger partial charge < -0.3 is 11.1 Å². The molecule has 1 fully saturated rings. The van der Waals surface area contributed by atoms with E-state index < -0.39 is 0 Å². The summed E-state index contributed by atoms with van der Waals surface area (Å²) in [5.41, 5.74) is 6.36. The first kappa shape index (κ1) is 19.5. The summed E-state index contributed by atoms with van der Waals surface area (Å²) in [7, 11) is 0. The van der Waals surface area contributed by atoms with Gasteiger partial charge in [-0.2, -0.15) is 0 Å². The number of likely N-dealkylation sites (tertiary alicyclic amines) is 1. The number of nitrogens with two attached hydrogens (primary N) is 1. The van der Waals surface area contributed by atoms with Crippen molar-refractivity contribution in [1.29, 1.82) is 0 Å². The first-order valence-electron chi connectivity index (χ1n) is 7.18. The molecule has 7 heteroatoms. The topological polar surface area (TPSA) is 58.4 Å². The molecular formula is C15H22Cl3N3O. The lowest BCUT2D eigenvalue weighted by Crippen LogP contribution is -2.49. The molecule has 0 bridgehead atoms. The molecule has 2 atom stereocenters. The van der Waals surface area contributed by atoms with Gasteiger partial charge in [0.15, 0.2) is 0 Å². The molecule has 2 rings (SSSR count). The molecule has 1 aromatic rings. The minimum absolute atomic E-state index is 0. The zero-order chi connectivity index (χ0) is 15.4. The molecule has 3 N–H and O–H groups in total. The molecule has 1 aliphatic heterocycles. The van der Waals surface area contributed by atoms with Crippen molar-refractivity contribution in [3.63, 3.8) is 0 Å². The predicted octanol–water partition coefficient (Wildman–Crippen LogP) is 3.41. The Morgan fingerprint density at radius 1 is 1.45 bits per heavy atom. The number of carbonyl (C=O) groups excluding carboxylic acids is 1. The number of carbonyl (C=O) groups is 1. The number of amides is 1. The second-order valence-corrected chi connectivity index (χ2v) is 6.51. The number of nitrogens with zero attached hydrogens (tertiary/aromatic N) is 1. The van der Waals surface area contributed by atoms with E-state index >= 15 is 0 Å². The van der Waals surface area contributed by atoms with Gasteiger partial charge in [0.25, 0.3) is 0 Å². The minimum Gasteiger partial charge on any atom is -0.329 e. The van der Waals surface area contributed by atoms with E-state index in [0.29, 0.717) is 34.7 Å². The Labute approximate surface area is 147 Å². The van der Waals surface area contributed by atoms with Crippen LogP contribution in [0.5, 0.6) is 0 Å². The van der Waals surface area contributed by atoms with Crippen LogP contribution in [0.15, 0.2) is 18.2 Å². The van der Waals surface area contributed by atoms with Crippen molar-refractivity contribution < 1.29 is 4.79 Å². The van der Waals surface area contributed by atoms with E-state index in [0.717, 1.165) is 19.4 Å². The van der Waals surface area contributed by atoms with Gasteiger partial charge in [-0.1, -0.05) is 30.1 Å². The minimum atomic E-state index is -0.0906. The van der Waals surface area contributed by atoms with Crippen molar-refractivity contribution in [2.45, 2.75) is 25.8 Å². The summed E-state index contributed by atoms with van der Waals surface area (Å²) in [6, 6.07) is 5.29. The smallest absolute Gasteiger partial charge is 0.238 e. The number of benzene rings is 1. The molecule has 0 radical (unpaired) electrons. The number of piperidine rings is 1. The molecule has 0 saturated carbocycles. The maximum Gasteiger partial charge on any atom is 0.238 e. The Bertz CT molecular complexity index is 513.